The van der Waals surface area contributed by atoms with E-state index in [1.165, 1.54) is 0 Å². The van der Waals surface area contributed by atoms with Crippen LogP contribution in [-0.4, -0.2) is 52.5 Å². The van der Waals surface area contributed by atoms with Gasteiger partial charge in [0.25, 0.3) is 5.91 Å². The van der Waals surface area contributed by atoms with Gasteiger partial charge < -0.3 is 14.7 Å². The Kier molecular flexibility index (Phi) is 5.19. The molecule has 2 saturated heterocycles. The number of rotatable bonds is 5. The molecule has 2 amide bonds. The van der Waals surface area contributed by atoms with Crippen LogP contribution < -0.4 is 5.32 Å². The van der Waals surface area contributed by atoms with Gasteiger partial charge in [-0.3, -0.25) is 9.59 Å². The average Bonchev–Trinajstić information content (AvgIpc) is 3.27. The Morgan fingerprint density at radius 3 is 2.64 bits per heavy atom. The number of nitrogens with one attached hydrogen (secondary N) is 1. The van der Waals surface area contributed by atoms with Crippen LogP contribution in [0.1, 0.15) is 33.8 Å². The number of amides is 2. The third kappa shape index (κ3) is 3.55. The molecule has 2 aliphatic rings. The van der Waals surface area contributed by atoms with Gasteiger partial charge in [0, 0.05) is 24.9 Å². The molecule has 1 aromatic heterocycles. The number of thioether (sulfide) groups is 1. The number of carbonyl (C=O) groups is 2. The molecule has 4 rings (SSSR count). The van der Waals surface area contributed by atoms with E-state index in [-0.39, 0.29) is 17.9 Å². The van der Waals surface area contributed by atoms with Crippen molar-refractivity contribution in [3.05, 3.63) is 52.9 Å². The highest BCUT2D eigenvalue weighted by Crippen LogP contribution is 2.37. The zero-order chi connectivity index (χ0) is 19.7. The van der Waals surface area contributed by atoms with Crippen LogP contribution in [-0.2, 0) is 11.2 Å². The zero-order valence-corrected chi connectivity index (χ0v) is 17.1. The van der Waals surface area contributed by atoms with E-state index in [0.29, 0.717) is 36.5 Å². The topological polar surface area (TPSA) is 75.4 Å². The van der Waals surface area contributed by atoms with Crippen LogP contribution in [0.25, 0.3) is 0 Å². The molecule has 2 aliphatic heterocycles. The highest BCUT2D eigenvalue weighted by atomic mass is 32.2. The highest BCUT2D eigenvalue weighted by Gasteiger charge is 2.52. The zero-order valence-electron chi connectivity index (χ0n) is 16.2. The number of aromatic nitrogens is 1. The molecule has 0 spiro atoms. The second kappa shape index (κ2) is 7.62. The van der Waals surface area contributed by atoms with Crippen molar-refractivity contribution in [2.45, 2.75) is 32.7 Å². The lowest BCUT2D eigenvalue weighted by Crippen LogP contribution is -2.66. The number of likely N-dealkylation sites (tertiary alicyclic amines) is 1. The second-order valence-electron chi connectivity index (χ2n) is 7.84. The van der Waals surface area contributed by atoms with Gasteiger partial charge in [0.2, 0.25) is 5.91 Å². The van der Waals surface area contributed by atoms with Gasteiger partial charge in [-0.1, -0.05) is 35.5 Å². The van der Waals surface area contributed by atoms with Crippen molar-refractivity contribution in [3.63, 3.8) is 0 Å². The number of hydrogen-bond acceptors (Lipinski definition) is 5. The van der Waals surface area contributed by atoms with E-state index in [4.69, 9.17) is 4.52 Å². The summed E-state index contributed by atoms with van der Waals surface area (Å²) >= 11 is 1.87. The number of carbonyl (C=O) groups excluding carboxylic acids is 2. The molecule has 1 atom stereocenters. The Labute approximate surface area is 169 Å². The molecule has 0 saturated carbocycles. The lowest BCUT2D eigenvalue weighted by Gasteiger charge is -2.49. The van der Waals surface area contributed by atoms with Crippen LogP contribution in [0.4, 0.5) is 0 Å². The van der Waals surface area contributed by atoms with Gasteiger partial charge in [-0.2, -0.15) is 11.8 Å². The van der Waals surface area contributed by atoms with E-state index in [9.17, 15) is 9.59 Å². The molecule has 1 aromatic carbocycles. The van der Waals surface area contributed by atoms with E-state index >= 15 is 0 Å². The summed E-state index contributed by atoms with van der Waals surface area (Å²) in [4.78, 5) is 27.9. The molecular weight excluding hydrogens is 374 g/mol. The summed E-state index contributed by atoms with van der Waals surface area (Å²) in [6.45, 7) is 4.34. The molecular formula is C21H25N3O3S. The predicted molar refractivity (Wildman–Crippen MR) is 108 cm³/mol. The van der Waals surface area contributed by atoms with Crippen molar-refractivity contribution in [2.24, 2.45) is 5.41 Å². The lowest BCUT2D eigenvalue weighted by molar-refractivity contribution is -0.140. The van der Waals surface area contributed by atoms with Gasteiger partial charge in [0.15, 0.2) is 0 Å². The van der Waals surface area contributed by atoms with E-state index < -0.39 is 5.41 Å². The summed E-state index contributed by atoms with van der Waals surface area (Å²) in [6.07, 6.45) is 1.64. The van der Waals surface area contributed by atoms with Gasteiger partial charge >= 0.3 is 0 Å². The minimum Gasteiger partial charge on any atom is -0.361 e. The van der Waals surface area contributed by atoms with Crippen molar-refractivity contribution < 1.29 is 14.1 Å². The first kappa shape index (κ1) is 19.1. The molecule has 0 bridgehead atoms. The molecule has 2 aromatic rings. The van der Waals surface area contributed by atoms with Crippen molar-refractivity contribution >= 4 is 23.6 Å². The third-order valence-electron chi connectivity index (χ3n) is 5.65. The molecule has 0 aliphatic carbocycles. The summed E-state index contributed by atoms with van der Waals surface area (Å²) in [5.74, 6) is 2.54. The number of benzene rings is 1. The van der Waals surface area contributed by atoms with Crippen molar-refractivity contribution in [1.29, 1.82) is 0 Å². The minimum absolute atomic E-state index is 0.0617. The monoisotopic (exact) mass is 399 g/mol. The first-order chi connectivity index (χ1) is 13.5. The summed E-state index contributed by atoms with van der Waals surface area (Å²) < 4.78 is 5.14. The maximum Gasteiger partial charge on any atom is 0.259 e. The Morgan fingerprint density at radius 2 is 2.04 bits per heavy atom. The molecule has 2 fully saturated rings. The molecule has 0 radical (unpaired) electrons. The smallest absolute Gasteiger partial charge is 0.259 e. The van der Waals surface area contributed by atoms with Gasteiger partial charge in [-0.15, -0.1) is 0 Å². The first-order valence-corrected chi connectivity index (χ1v) is 10.8. The maximum absolute atomic E-state index is 13.2. The summed E-state index contributed by atoms with van der Waals surface area (Å²) in [5.41, 5.74) is 1.64. The highest BCUT2D eigenvalue weighted by molar-refractivity contribution is 7.99. The molecule has 7 heteroatoms. The van der Waals surface area contributed by atoms with Crippen molar-refractivity contribution in [1.82, 2.24) is 15.4 Å². The van der Waals surface area contributed by atoms with Crippen LogP contribution in [0.5, 0.6) is 0 Å². The lowest BCUT2D eigenvalue weighted by atomic mass is 9.73. The number of aryl methyl sites for hydroxylation is 2. The Hall–Kier alpha value is -2.28. The molecule has 1 unspecified atom stereocenters. The van der Waals surface area contributed by atoms with E-state index in [1.807, 2.05) is 42.1 Å². The maximum atomic E-state index is 13.2. The minimum atomic E-state index is -0.580. The Morgan fingerprint density at radius 1 is 1.29 bits per heavy atom. The second-order valence-corrected chi connectivity index (χ2v) is 8.99. The fourth-order valence-electron chi connectivity index (χ4n) is 4.08. The number of hydrogen-bond donors (Lipinski definition) is 1. The van der Waals surface area contributed by atoms with Crippen molar-refractivity contribution in [2.75, 3.05) is 24.6 Å². The van der Waals surface area contributed by atoms with Gasteiger partial charge in [-0.25, -0.2) is 0 Å². The molecule has 28 heavy (non-hydrogen) atoms. The standard InChI is InChI=1S/C21H25N3O3S/c1-14-18(15(2)27-23-14)19(25)24-12-21(13-24,10-16-6-4-3-5-7-16)20(26)22-17-8-9-28-11-17/h3-7,17H,8-13H2,1-2H3,(H,22,26). The van der Waals surface area contributed by atoms with Crippen LogP contribution in [0, 0.1) is 19.3 Å². The summed E-state index contributed by atoms with van der Waals surface area (Å²) in [5, 5.41) is 7.11. The van der Waals surface area contributed by atoms with Crippen LogP contribution in [0.15, 0.2) is 34.9 Å². The van der Waals surface area contributed by atoms with Gasteiger partial charge in [0.1, 0.15) is 11.3 Å². The third-order valence-corrected chi connectivity index (χ3v) is 6.82. The average molecular weight is 400 g/mol. The van der Waals surface area contributed by atoms with E-state index in [1.54, 1.807) is 18.7 Å². The number of nitrogens with zero attached hydrogens (tertiary/aromatic N) is 2. The van der Waals surface area contributed by atoms with E-state index in [2.05, 4.69) is 10.5 Å². The normalized spacial score (nSPS) is 20.6. The fraction of sp³-hybridized carbons (Fsp3) is 0.476. The van der Waals surface area contributed by atoms with Crippen molar-refractivity contribution in [3.8, 4) is 0 Å². The van der Waals surface area contributed by atoms with E-state index in [0.717, 1.165) is 23.5 Å². The largest absolute Gasteiger partial charge is 0.361 e. The van der Waals surface area contributed by atoms with Gasteiger partial charge in [0.05, 0.1) is 11.1 Å². The predicted octanol–water partition coefficient (Wildman–Crippen LogP) is 2.60. The van der Waals surface area contributed by atoms with Gasteiger partial charge in [-0.05, 0) is 38.0 Å². The Balaban J connectivity index is 1.52. The Bertz CT molecular complexity index is 849. The quantitative estimate of drug-likeness (QED) is 0.836. The molecule has 1 N–H and O–H groups in total. The first-order valence-electron chi connectivity index (χ1n) is 9.63. The summed E-state index contributed by atoms with van der Waals surface area (Å²) in [6, 6.07) is 10.3. The molecule has 3 heterocycles. The van der Waals surface area contributed by atoms with Crippen LogP contribution >= 0.6 is 11.8 Å². The SMILES string of the molecule is Cc1noc(C)c1C(=O)N1CC(Cc2ccccc2)(C(=O)NC2CCSC2)C1. The molecule has 6 nitrogen and oxygen atoms in total. The van der Waals surface area contributed by atoms with Crippen LogP contribution in [0.3, 0.4) is 0 Å². The van der Waals surface area contributed by atoms with Crippen LogP contribution in [0.2, 0.25) is 0 Å². The molecule has 148 valence electrons. The fourth-order valence-corrected chi connectivity index (χ4v) is 5.24. The summed E-state index contributed by atoms with van der Waals surface area (Å²) in [7, 11) is 0.